The van der Waals surface area contributed by atoms with Crippen molar-refractivity contribution in [2.45, 2.75) is 31.2 Å². The summed E-state index contributed by atoms with van der Waals surface area (Å²) in [6.45, 7) is 4.26. The van der Waals surface area contributed by atoms with Crippen LogP contribution in [0.5, 0.6) is 0 Å². The fraction of sp³-hybridized carbons (Fsp3) is 0.556. The van der Waals surface area contributed by atoms with E-state index in [0.717, 1.165) is 24.9 Å². The summed E-state index contributed by atoms with van der Waals surface area (Å²) in [4.78, 5) is 16.4. The molecule has 1 aliphatic rings. The third-order valence-electron chi connectivity index (χ3n) is 4.13. The van der Waals surface area contributed by atoms with E-state index in [4.69, 9.17) is 0 Å². The average molecular weight is 523 g/mol. The third kappa shape index (κ3) is 7.55. The first kappa shape index (κ1) is 24.6. The molecule has 0 bridgehead atoms. The van der Waals surface area contributed by atoms with Crippen LogP contribution >= 0.6 is 24.0 Å². The van der Waals surface area contributed by atoms with Crippen LogP contribution in [-0.2, 0) is 21.4 Å². The Morgan fingerprint density at radius 3 is 2.25 bits per heavy atom. The molecule has 1 aromatic rings. The number of guanidine groups is 1. The molecule has 158 valence electrons. The summed E-state index contributed by atoms with van der Waals surface area (Å²) >= 11 is 0. The lowest BCUT2D eigenvalue weighted by Gasteiger charge is -2.13. The summed E-state index contributed by atoms with van der Waals surface area (Å²) < 4.78 is 25.4. The molecule has 2 rings (SSSR count). The highest BCUT2D eigenvalue weighted by Gasteiger charge is 2.28. The standard InChI is InChI=1S/C18H29N5O3S.HI/c1-4-19-18(21-12-11-20-17(24)15-7-8-15)22-13-14-5-9-16(10-6-14)27(25,26)23(2)3;/h5-6,9-10,15H,4,7-8,11-13H2,1-3H3,(H,20,24)(H2,19,21,22);1H. The highest BCUT2D eigenvalue weighted by molar-refractivity contribution is 14.0. The number of amides is 1. The molecule has 1 aliphatic carbocycles. The van der Waals surface area contributed by atoms with Crippen LogP contribution in [0.2, 0.25) is 0 Å². The van der Waals surface area contributed by atoms with Gasteiger partial charge in [-0.3, -0.25) is 4.79 Å². The number of aliphatic imine (C=N–C) groups is 1. The number of carbonyl (C=O) groups is 1. The van der Waals surface area contributed by atoms with Crippen LogP contribution in [-0.4, -0.2) is 58.3 Å². The Kier molecular flexibility index (Phi) is 10.2. The van der Waals surface area contributed by atoms with Crippen LogP contribution in [0.25, 0.3) is 0 Å². The molecule has 1 fully saturated rings. The quantitative estimate of drug-likeness (QED) is 0.195. The lowest BCUT2D eigenvalue weighted by atomic mass is 10.2. The first-order valence-electron chi connectivity index (χ1n) is 9.16. The zero-order valence-electron chi connectivity index (χ0n) is 16.6. The second-order valence-corrected chi connectivity index (χ2v) is 8.77. The minimum Gasteiger partial charge on any atom is -0.357 e. The summed E-state index contributed by atoms with van der Waals surface area (Å²) in [5.74, 6) is 1.00. The fourth-order valence-corrected chi connectivity index (χ4v) is 3.25. The number of halogens is 1. The maximum Gasteiger partial charge on any atom is 0.242 e. The van der Waals surface area contributed by atoms with Gasteiger partial charge in [0.2, 0.25) is 15.9 Å². The van der Waals surface area contributed by atoms with E-state index >= 15 is 0 Å². The SMILES string of the molecule is CCNC(=NCc1ccc(S(=O)(=O)N(C)C)cc1)NCCNC(=O)C1CC1.I. The Hall–Kier alpha value is -1.40. The lowest BCUT2D eigenvalue weighted by molar-refractivity contribution is -0.122. The molecule has 1 aromatic carbocycles. The van der Waals surface area contributed by atoms with Crippen molar-refractivity contribution in [3.05, 3.63) is 29.8 Å². The Bertz CT molecular complexity index is 762. The minimum absolute atomic E-state index is 0. The van der Waals surface area contributed by atoms with Crippen molar-refractivity contribution < 1.29 is 13.2 Å². The number of rotatable bonds is 9. The van der Waals surface area contributed by atoms with E-state index in [1.807, 2.05) is 6.92 Å². The van der Waals surface area contributed by atoms with Crippen LogP contribution in [0, 0.1) is 5.92 Å². The summed E-state index contributed by atoms with van der Waals surface area (Å²) in [6, 6.07) is 6.71. The van der Waals surface area contributed by atoms with E-state index in [2.05, 4.69) is 20.9 Å². The lowest BCUT2D eigenvalue weighted by Crippen LogP contribution is -2.41. The molecule has 0 atom stereocenters. The van der Waals surface area contributed by atoms with E-state index in [0.29, 0.717) is 25.6 Å². The molecule has 3 N–H and O–H groups in total. The largest absolute Gasteiger partial charge is 0.357 e. The normalized spacial score (nSPS) is 14.4. The van der Waals surface area contributed by atoms with Crippen molar-refractivity contribution in [2.75, 3.05) is 33.7 Å². The van der Waals surface area contributed by atoms with Gasteiger partial charge in [-0.25, -0.2) is 17.7 Å². The third-order valence-corrected chi connectivity index (χ3v) is 5.96. The second-order valence-electron chi connectivity index (χ2n) is 6.62. The summed E-state index contributed by atoms with van der Waals surface area (Å²) in [5, 5.41) is 9.23. The number of hydrogen-bond acceptors (Lipinski definition) is 4. The molecule has 0 unspecified atom stereocenters. The van der Waals surface area contributed by atoms with Gasteiger partial charge in [0.1, 0.15) is 0 Å². The van der Waals surface area contributed by atoms with Crippen molar-refractivity contribution in [3.8, 4) is 0 Å². The number of nitrogens with one attached hydrogen (secondary N) is 3. The van der Waals surface area contributed by atoms with Gasteiger partial charge in [0, 0.05) is 39.6 Å². The predicted octanol–water partition coefficient (Wildman–Crippen LogP) is 1.14. The first-order valence-corrected chi connectivity index (χ1v) is 10.6. The van der Waals surface area contributed by atoms with Gasteiger partial charge in [-0.05, 0) is 37.5 Å². The molecule has 10 heteroatoms. The molecule has 1 saturated carbocycles. The maximum absolute atomic E-state index is 12.1. The van der Waals surface area contributed by atoms with E-state index in [1.165, 1.54) is 18.4 Å². The fourth-order valence-electron chi connectivity index (χ4n) is 2.35. The molecule has 28 heavy (non-hydrogen) atoms. The van der Waals surface area contributed by atoms with Gasteiger partial charge >= 0.3 is 0 Å². The Balaban J connectivity index is 0.00000392. The number of hydrogen-bond donors (Lipinski definition) is 3. The van der Waals surface area contributed by atoms with Crippen molar-refractivity contribution in [3.63, 3.8) is 0 Å². The zero-order valence-corrected chi connectivity index (χ0v) is 19.7. The Morgan fingerprint density at radius 2 is 1.71 bits per heavy atom. The smallest absolute Gasteiger partial charge is 0.242 e. The average Bonchev–Trinajstić information content (AvgIpc) is 3.48. The van der Waals surface area contributed by atoms with E-state index in [1.54, 1.807) is 24.3 Å². The molecular weight excluding hydrogens is 493 g/mol. The van der Waals surface area contributed by atoms with E-state index < -0.39 is 10.0 Å². The van der Waals surface area contributed by atoms with Crippen LogP contribution in [0.4, 0.5) is 0 Å². The molecule has 0 spiro atoms. The van der Waals surface area contributed by atoms with E-state index in [-0.39, 0.29) is 40.7 Å². The second kappa shape index (κ2) is 11.6. The van der Waals surface area contributed by atoms with Gasteiger partial charge in [-0.2, -0.15) is 0 Å². The van der Waals surface area contributed by atoms with Gasteiger partial charge in [0.25, 0.3) is 0 Å². The number of sulfonamides is 1. The number of carbonyl (C=O) groups excluding carboxylic acids is 1. The van der Waals surface area contributed by atoms with Crippen molar-refractivity contribution in [2.24, 2.45) is 10.9 Å². The van der Waals surface area contributed by atoms with Crippen molar-refractivity contribution in [1.29, 1.82) is 0 Å². The van der Waals surface area contributed by atoms with Gasteiger partial charge in [-0.1, -0.05) is 12.1 Å². The molecular formula is C18H30IN5O3S. The van der Waals surface area contributed by atoms with Crippen LogP contribution in [0.3, 0.4) is 0 Å². The Morgan fingerprint density at radius 1 is 1.11 bits per heavy atom. The molecule has 8 nitrogen and oxygen atoms in total. The molecule has 0 aromatic heterocycles. The van der Waals surface area contributed by atoms with Crippen LogP contribution in [0.1, 0.15) is 25.3 Å². The van der Waals surface area contributed by atoms with Gasteiger partial charge in [0.15, 0.2) is 5.96 Å². The number of nitrogens with zero attached hydrogens (tertiary/aromatic N) is 2. The predicted molar refractivity (Wildman–Crippen MR) is 121 cm³/mol. The van der Waals surface area contributed by atoms with Gasteiger partial charge in [0.05, 0.1) is 11.4 Å². The topological polar surface area (TPSA) is 103 Å². The first-order chi connectivity index (χ1) is 12.8. The van der Waals surface area contributed by atoms with Gasteiger partial charge in [-0.15, -0.1) is 24.0 Å². The highest BCUT2D eigenvalue weighted by Crippen LogP contribution is 2.28. The Labute approximate surface area is 184 Å². The monoisotopic (exact) mass is 523 g/mol. The van der Waals surface area contributed by atoms with Crippen molar-refractivity contribution in [1.82, 2.24) is 20.3 Å². The van der Waals surface area contributed by atoms with E-state index in [9.17, 15) is 13.2 Å². The summed E-state index contributed by atoms with van der Waals surface area (Å²) in [7, 11) is -0.401. The maximum atomic E-state index is 12.1. The minimum atomic E-state index is -3.42. The molecule has 1 amide bonds. The highest BCUT2D eigenvalue weighted by atomic mass is 127. The van der Waals surface area contributed by atoms with Crippen molar-refractivity contribution >= 4 is 45.9 Å². The molecule has 0 aliphatic heterocycles. The molecule has 0 saturated heterocycles. The molecule has 0 radical (unpaired) electrons. The van der Waals surface area contributed by atoms with Crippen LogP contribution < -0.4 is 16.0 Å². The van der Waals surface area contributed by atoms with Gasteiger partial charge < -0.3 is 16.0 Å². The molecule has 0 heterocycles. The zero-order chi connectivity index (χ0) is 19.9. The van der Waals surface area contributed by atoms with Crippen LogP contribution in [0.15, 0.2) is 34.2 Å². The number of benzene rings is 1. The summed E-state index contributed by atoms with van der Waals surface area (Å²) in [5.41, 5.74) is 0.909. The summed E-state index contributed by atoms with van der Waals surface area (Å²) in [6.07, 6.45) is 2.00.